The Bertz CT molecular complexity index is 1140. The summed E-state index contributed by atoms with van der Waals surface area (Å²) in [5.41, 5.74) is 8.03. The summed E-state index contributed by atoms with van der Waals surface area (Å²) in [7, 11) is 0. The molecule has 2 nitrogen and oxygen atoms in total. The van der Waals surface area contributed by atoms with E-state index < -0.39 is 0 Å². The van der Waals surface area contributed by atoms with Crippen LogP contribution >= 0.6 is 0 Å². The summed E-state index contributed by atoms with van der Waals surface area (Å²) >= 11 is 0. The van der Waals surface area contributed by atoms with Gasteiger partial charge in [-0.15, -0.1) is 0 Å². The van der Waals surface area contributed by atoms with Gasteiger partial charge in [-0.1, -0.05) is 69.0 Å². The fourth-order valence-electron chi connectivity index (χ4n) is 3.75. The Morgan fingerprint density at radius 3 is 2.03 bits per heavy atom. The van der Waals surface area contributed by atoms with Crippen molar-refractivity contribution in [3.05, 3.63) is 109 Å². The summed E-state index contributed by atoms with van der Waals surface area (Å²) < 4.78 is 13.6. The zero-order valence-electron chi connectivity index (χ0n) is 17.2. The van der Waals surface area contributed by atoms with Crippen molar-refractivity contribution in [1.29, 1.82) is 0 Å². The van der Waals surface area contributed by atoms with Crippen molar-refractivity contribution < 1.29 is 4.39 Å². The normalized spacial score (nSPS) is 10.9. The molecule has 3 aromatic carbocycles. The zero-order valence-corrected chi connectivity index (χ0v) is 17.2. The molecule has 0 unspecified atom stereocenters. The monoisotopic (exact) mass is 396 g/mol. The number of para-hydroxylation sites is 1. The van der Waals surface area contributed by atoms with Crippen molar-refractivity contribution in [2.75, 3.05) is 5.32 Å². The van der Waals surface area contributed by atoms with Crippen LogP contribution in [-0.4, -0.2) is 4.98 Å². The Morgan fingerprint density at radius 1 is 0.833 bits per heavy atom. The minimum atomic E-state index is -0.244. The SMILES string of the molecule is C=C(Nc1ccccc1)c1c(C(C)C)[nH]c(-c2ccc(F)cc2)c1-c1ccccc1. The van der Waals surface area contributed by atoms with E-state index in [-0.39, 0.29) is 11.7 Å². The second-order valence-electron chi connectivity index (χ2n) is 7.66. The fourth-order valence-corrected chi connectivity index (χ4v) is 3.75. The summed E-state index contributed by atoms with van der Waals surface area (Å²) in [6.07, 6.45) is 0. The molecule has 30 heavy (non-hydrogen) atoms. The van der Waals surface area contributed by atoms with Gasteiger partial charge in [0, 0.05) is 28.2 Å². The molecule has 0 aliphatic rings. The van der Waals surface area contributed by atoms with Crippen LogP contribution in [0.5, 0.6) is 0 Å². The molecular weight excluding hydrogens is 371 g/mol. The van der Waals surface area contributed by atoms with Crippen LogP contribution in [0.25, 0.3) is 28.1 Å². The Morgan fingerprint density at radius 2 is 1.43 bits per heavy atom. The highest BCUT2D eigenvalue weighted by atomic mass is 19.1. The quantitative estimate of drug-likeness (QED) is 0.343. The molecule has 0 aliphatic carbocycles. The van der Waals surface area contributed by atoms with E-state index >= 15 is 0 Å². The number of anilines is 1. The fraction of sp³-hybridized carbons (Fsp3) is 0.111. The average Bonchev–Trinajstić information content (AvgIpc) is 3.17. The Hall–Kier alpha value is -3.59. The van der Waals surface area contributed by atoms with Crippen LogP contribution < -0.4 is 5.32 Å². The number of H-pyrrole nitrogens is 1. The van der Waals surface area contributed by atoms with E-state index in [0.717, 1.165) is 45.0 Å². The number of aromatic amines is 1. The number of hydrogen-bond donors (Lipinski definition) is 2. The first-order chi connectivity index (χ1) is 14.5. The van der Waals surface area contributed by atoms with Crippen molar-refractivity contribution >= 4 is 11.4 Å². The lowest BCUT2D eigenvalue weighted by atomic mass is 9.93. The van der Waals surface area contributed by atoms with E-state index in [2.05, 4.69) is 42.9 Å². The van der Waals surface area contributed by atoms with Crippen molar-refractivity contribution in [3.8, 4) is 22.4 Å². The van der Waals surface area contributed by atoms with E-state index in [1.165, 1.54) is 12.1 Å². The highest BCUT2D eigenvalue weighted by molar-refractivity contribution is 5.94. The van der Waals surface area contributed by atoms with Crippen LogP contribution in [0.2, 0.25) is 0 Å². The molecule has 0 saturated carbocycles. The minimum absolute atomic E-state index is 0.244. The van der Waals surface area contributed by atoms with Gasteiger partial charge >= 0.3 is 0 Å². The number of halogens is 1. The van der Waals surface area contributed by atoms with Gasteiger partial charge in [0.2, 0.25) is 0 Å². The molecule has 0 fully saturated rings. The minimum Gasteiger partial charge on any atom is -0.357 e. The predicted octanol–water partition coefficient (Wildman–Crippen LogP) is 7.69. The van der Waals surface area contributed by atoms with Gasteiger partial charge in [-0.2, -0.15) is 0 Å². The van der Waals surface area contributed by atoms with Crippen LogP contribution in [0, 0.1) is 5.82 Å². The van der Waals surface area contributed by atoms with Gasteiger partial charge in [-0.05, 0) is 53.4 Å². The molecule has 0 spiro atoms. The summed E-state index contributed by atoms with van der Waals surface area (Å²) in [5, 5.41) is 3.46. The lowest BCUT2D eigenvalue weighted by molar-refractivity contribution is 0.628. The second kappa shape index (κ2) is 8.42. The van der Waals surface area contributed by atoms with Crippen molar-refractivity contribution in [2.24, 2.45) is 0 Å². The standard InChI is InChI=1S/C27H25FN2/c1-18(2)26-24(19(3)29-23-12-8-5-9-13-23)25(20-10-6-4-7-11-20)27(30-26)21-14-16-22(28)17-15-21/h4-18,29-30H,3H2,1-2H3. The van der Waals surface area contributed by atoms with Gasteiger partial charge in [0.1, 0.15) is 5.82 Å². The first-order valence-electron chi connectivity index (χ1n) is 10.1. The molecule has 2 N–H and O–H groups in total. The summed E-state index contributed by atoms with van der Waals surface area (Å²) in [6.45, 7) is 8.70. The Labute approximate surface area is 177 Å². The van der Waals surface area contributed by atoms with E-state index in [9.17, 15) is 4.39 Å². The van der Waals surface area contributed by atoms with Gasteiger partial charge in [0.15, 0.2) is 0 Å². The number of aromatic nitrogens is 1. The second-order valence-corrected chi connectivity index (χ2v) is 7.66. The number of benzene rings is 3. The molecule has 0 aliphatic heterocycles. The Kier molecular flexibility index (Phi) is 5.53. The first-order valence-corrected chi connectivity index (χ1v) is 10.1. The average molecular weight is 397 g/mol. The maximum Gasteiger partial charge on any atom is 0.123 e. The van der Waals surface area contributed by atoms with Crippen LogP contribution in [-0.2, 0) is 0 Å². The molecule has 0 atom stereocenters. The predicted molar refractivity (Wildman–Crippen MR) is 125 cm³/mol. The van der Waals surface area contributed by atoms with Crippen LogP contribution in [0.1, 0.15) is 31.0 Å². The molecular formula is C27H25FN2. The molecule has 4 rings (SSSR count). The third kappa shape index (κ3) is 3.92. The topological polar surface area (TPSA) is 27.8 Å². The van der Waals surface area contributed by atoms with Crippen molar-refractivity contribution in [3.63, 3.8) is 0 Å². The lowest BCUT2D eigenvalue weighted by Gasteiger charge is -2.15. The van der Waals surface area contributed by atoms with Crippen LogP contribution in [0.3, 0.4) is 0 Å². The van der Waals surface area contributed by atoms with Crippen molar-refractivity contribution in [2.45, 2.75) is 19.8 Å². The van der Waals surface area contributed by atoms with Gasteiger partial charge in [0.25, 0.3) is 0 Å². The van der Waals surface area contributed by atoms with E-state index in [4.69, 9.17) is 0 Å². The molecule has 0 saturated heterocycles. The van der Waals surface area contributed by atoms with Crippen molar-refractivity contribution in [1.82, 2.24) is 4.98 Å². The maximum atomic E-state index is 13.6. The Balaban J connectivity index is 1.93. The van der Waals surface area contributed by atoms with Gasteiger partial charge in [-0.25, -0.2) is 4.39 Å². The van der Waals surface area contributed by atoms with Crippen LogP contribution in [0.15, 0.2) is 91.5 Å². The molecule has 0 radical (unpaired) electrons. The molecule has 0 amide bonds. The molecule has 3 heteroatoms. The molecule has 4 aromatic rings. The third-order valence-corrected chi connectivity index (χ3v) is 5.17. The number of hydrogen-bond acceptors (Lipinski definition) is 1. The third-order valence-electron chi connectivity index (χ3n) is 5.17. The number of rotatable bonds is 6. The maximum absolute atomic E-state index is 13.6. The van der Waals surface area contributed by atoms with E-state index in [0.29, 0.717) is 0 Å². The van der Waals surface area contributed by atoms with Gasteiger partial charge in [-0.3, -0.25) is 0 Å². The zero-order chi connectivity index (χ0) is 21.1. The molecule has 1 heterocycles. The van der Waals surface area contributed by atoms with E-state index in [1.54, 1.807) is 0 Å². The largest absolute Gasteiger partial charge is 0.357 e. The molecule has 150 valence electrons. The van der Waals surface area contributed by atoms with Crippen LogP contribution in [0.4, 0.5) is 10.1 Å². The lowest BCUT2D eigenvalue weighted by Crippen LogP contribution is -2.02. The van der Waals surface area contributed by atoms with E-state index in [1.807, 2.05) is 60.7 Å². The summed E-state index contributed by atoms with van der Waals surface area (Å²) in [5.74, 6) is 0.0111. The molecule has 1 aromatic heterocycles. The highest BCUT2D eigenvalue weighted by Gasteiger charge is 2.23. The summed E-state index contributed by atoms with van der Waals surface area (Å²) in [6, 6.07) is 26.9. The van der Waals surface area contributed by atoms with Gasteiger partial charge in [0.05, 0.1) is 5.69 Å². The summed E-state index contributed by atoms with van der Waals surface area (Å²) in [4.78, 5) is 3.63. The van der Waals surface area contributed by atoms with Gasteiger partial charge < -0.3 is 10.3 Å². The number of nitrogens with one attached hydrogen (secondary N) is 2. The smallest absolute Gasteiger partial charge is 0.123 e. The molecule has 0 bridgehead atoms. The first kappa shape index (κ1) is 19.7. The highest BCUT2D eigenvalue weighted by Crippen LogP contribution is 2.42.